The van der Waals surface area contributed by atoms with Crippen LogP contribution in [0.15, 0.2) is 36.0 Å². The van der Waals surface area contributed by atoms with Gasteiger partial charge in [-0.2, -0.15) is 0 Å². The second-order valence-electron chi connectivity index (χ2n) is 5.64. The molecule has 0 rings (SSSR count). The number of hydrogen-bond donors (Lipinski definition) is 0. The monoisotopic (exact) mass is 262 g/mol. The van der Waals surface area contributed by atoms with E-state index in [1.54, 1.807) is 11.1 Å². The molecule has 0 fully saturated rings. The standard InChI is InChI=1S/C19H34/c1-5-7-8-9-11-16-19(4)17-13-10-12-15-18(3)14-6-2/h5,14,16H,1,6-13,15,17H2,2-4H3. The van der Waals surface area contributed by atoms with Crippen LogP contribution in [0.1, 0.15) is 85.0 Å². The Morgan fingerprint density at radius 3 is 1.95 bits per heavy atom. The third kappa shape index (κ3) is 13.5. The average molecular weight is 262 g/mol. The van der Waals surface area contributed by atoms with Gasteiger partial charge < -0.3 is 0 Å². The van der Waals surface area contributed by atoms with Crippen molar-refractivity contribution in [1.29, 1.82) is 0 Å². The molecule has 0 atom stereocenters. The van der Waals surface area contributed by atoms with Crippen molar-refractivity contribution in [2.45, 2.75) is 85.0 Å². The Hall–Kier alpha value is -0.780. The topological polar surface area (TPSA) is 0 Å². The van der Waals surface area contributed by atoms with Crippen LogP contribution in [-0.2, 0) is 0 Å². The van der Waals surface area contributed by atoms with Crippen molar-refractivity contribution in [3.05, 3.63) is 36.0 Å². The molecule has 0 amide bonds. The van der Waals surface area contributed by atoms with Crippen molar-refractivity contribution in [2.24, 2.45) is 0 Å². The second kappa shape index (κ2) is 13.6. The molecular weight excluding hydrogens is 228 g/mol. The summed E-state index contributed by atoms with van der Waals surface area (Å²) in [5.74, 6) is 0. The quantitative estimate of drug-likeness (QED) is 0.263. The van der Waals surface area contributed by atoms with E-state index in [1.807, 2.05) is 6.08 Å². The summed E-state index contributed by atoms with van der Waals surface area (Å²) in [5.41, 5.74) is 3.15. The zero-order valence-electron chi connectivity index (χ0n) is 13.5. The van der Waals surface area contributed by atoms with Gasteiger partial charge in [0.2, 0.25) is 0 Å². The zero-order valence-corrected chi connectivity index (χ0v) is 13.5. The minimum atomic E-state index is 1.16. The molecule has 0 N–H and O–H groups in total. The van der Waals surface area contributed by atoms with E-state index in [0.717, 1.165) is 6.42 Å². The summed E-state index contributed by atoms with van der Waals surface area (Å²) in [7, 11) is 0. The Balaban J connectivity index is 3.46. The van der Waals surface area contributed by atoms with Crippen molar-refractivity contribution in [1.82, 2.24) is 0 Å². The first-order valence-electron chi connectivity index (χ1n) is 8.12. The first kappa shape index (κ1) is 18.2. The van der Waals surface area contributed by atoms with Gasteiger partial charge in [0.25, 0.3) is 0 Å². The van der Waals surface area contributed by atoms with Gasteiger partial charge in [0.1, 0.15) is 0 Å². The highest BCUT2D eigenvalue weighted by molar-refractivity contribution is 4.98. The molecule has 0 saturated carbocycles. The summed E-state index contributed by atoms with van der Waals surface area (Å²) >= 11 is 0. The largest absolute Gasteiger partial charge is 0.103 e. The second-order valence-corrected chi connectivity index (χ2v) is 5.64. The molecule has 110 valence electrons. The van der Waals surface area contributed by atoms with Gasteiger partial charge in [0, 0.05) is 0 Å². The third-order valence-corrected chi connectivity index (χ3v) is 3.55. The lowest BCUT2D eigenvalue weighted by Crippen LogP contribution is -1.83. The van der Waals surface area contributed by atoms with E-state index >= 15 is 0 Å². The van der Waals surface area contributed by atoms with Gasteiger partial charge in [-0.3, -0.25) is 0 Å². The normalized spacial score (nSPS) is 12.8. The predicted octanol–water partition coefficient (Wildman–Crippen LogP) is 6.99. The predicted molar refractivity (Wildman–Crippen MR) is 89.6 cm³/mol. The van der Waals surface area contributed by atoms with E-state index in [1.165, 1.54) is 57.8 Å². The number of rotatable bonds is 12. The molecule has 0 heteroatoms. The van der Waals surface area contributed by atoms with Crippen LogP contribution < -0.4 is 0 Å². The zero-order chi connectivity index (χ0) is 14.3. The Morgan fingerprint density at radius 2 is 1.37 bits per heavy atom. The summed E-state index contributed by atoms with van der Waals surface area (Å²) in [5, 5.41) is 0. The lowest BCUT2D eigenvalue weighted by Gasteiger charge is -2.03. The molecule has 0 aromatic carbocycles. The Labute approximate surface area is 121 Å². The van der Waals surface area contributed by atoms with Crippen molar-refractivity contribution >= 4 is 0 Å². The van der Waals surface area contributed by atoms with Gasteiger partial charge in [-0.05, 0) is 71.6 Å². The summed E-state index contributed by atoms with van der Waals surface area (Å²) in [6.07, 6.45) is 19.7. The van der Waals surface area contributed by atoms with Crippen LogP contribution in [0.5, 0.6) is 0 Å². The van der Waals surface area contributed by atoms with E-state index in [0.29, 0.717) is 0 Å². The van der Waals surface area contributed by atoms with E-state index < -0.39 is 0 Å². The Kier molecular flexibility index (Phi) is 13.1. The molecule has 0 unspecified atom stereocenters. The number of allylic oxidation sites excluding steroid dienone is 5. The van der Waals surface area contributed by atoms with Crippen LogP contribution in [0.2, 0.25) is 0 Å². The van der Waals surface area contributed by atoms with E-state index in [-0.39, 0.29) is 0 Å². The fraction of sp³-hybridized carbons (Fsp3) is 0.684. The number of hydrogen-bond acceptors (Lipinski definition) is 0. The Bertz CT molecular complexity index is 268. The molecule has 0 aromatic heterocycles. The van der Waals surface area contributed by atoms with Gasteiger partial charge in [-0.15, -0.1) is 6.58 Å². The lowest BCUT2D eigenvalue weighted by atomic mass is 10.0. The van der Waals surface area contributed by atoms with E-state index in [9.17, 15) is 0 Å². The molecule has 0 aliphatic carbocycles. The van der Waals surface area contributed by atoms with Crippen molar-refractivity contribution in [3.8, 4) is 0 Å². The molecule has 0 nitrogen and oxygen atoms in total. The van der Waals surface area contributed by atoms with Gasteiger partial charge in [0.05, 0.1) is 0 Å². The maximum Gasteiger partial charge on any atom is -0.0323 e. The molecule has 0 spiro atoms. The molecule has 0 heterocycles. The van der Waals surface area contributed by atoms with E-state index in [2.05, 4.69) is 39.5 Å². The molecule has 0 radical (unpaired) electrons. The number of unbranched alkanes of at least 4 members (excludes halogenated alkanes) is 5. The minimum Gasteiger partial charge on any atom is -0.103 e. The molecule has 0 saturated heterocycles. The summed E-state index contributed by atoms with van der Waals surface area (Å²) in [6.45, 7) is 10.5. The maximum atomic E-state index is 3.76. The van der Waals surface area contributed by atoms with Crippen LogP contribution >= 0.6 is 0 Å². The highest BCUT2D eigenvalue weighted by Gasteiger charge is 1.94. The van der Waals surface area contributed by atoms with Gasteiger partial charge in [-0.25, -0.2) is 0 Å². The molecule has 19 heavy (non-hydrogen) atoms. The Morgan fingerprint density at radius 1 is 0.789 bits per heavy atom. The van der Waals surface area contributed by atoms with Gasteiger partial charge >= 0.3 is 0 Å². The molecule has 0 aliphatic heterocycles. The third-order valence-electron chi connectivity index (χ3n) is 3.55. The van der Waals surface area contributed by atoms with Crippen LogP contribution in [0.3, 0.4) is 0 Å². The van der Waals surface area contributed by atoms with Crippen LogP contribution in [0.25, 0.3) is 0 Å². The lowest BCUT2D eigenvalue weighted by molar-refractivity contribution is 0.669. The smallest absolute Gasteiger partial charge is 0.0323 e. The summed E-state index contributed by atoms with van der Waals surface area (Å²) in [6, 6.07) is 0. The maximum absolute atomic E-state index is 3.76. The van der Waals surface area contributed by atoms with Gasteiger partial charge in [-0.1, -0.05) is 42.7 Å². The highest BCUT2D eigenvalue weighted by Crippen LogP contribution is 2.14. The first-order chi connectivity index (χ1) is 9.20. The molecule has 0 bridgehead atoms. The van der Waals surface area contributed by atoms with Crippen molar-refractivity contribution in [3.63, 3.8) is 0 Å². The molecular formula is C19H34. The summed E-state index contributed by atoms with van der Waals surface area (Å²) < 4.78 is 0. The molecule has 0 aromatic rings. The van der Waals surface area contributed by atoms with Crippen LogP contribution in [0, 0.1) is 0 Å². The van der Waals surface area contributed by atoms with Crippen LogP contribution in [0.4, 0.5) is 0 Å². The van der Waals surface area contributed by atoms with E-state index in [4.69, 9.17) is 0 Å². The summed E-state index contributed by atoms with van der Waals surface area (Å²) in [4.78, 5) is 0. The highest BCUT2D eigenvalue weighted by atomic mass is 14.0. The first-order valence-corrected chi connectivity index (χ1v) is 8.12. The fourth-order valence-electron chi connectivity index (χ4n) is 2.32. The molecule has 0 aliphatic rings. The van der Waals surface area contributed by atoms with Crippen LogP contribution in [-0.4, -0.2) is 0 Å². The fourth-order valence-corrected chi connectivity index (χ4v) is 2.32. The SMILES string of the molecule is C=CCCCCC=C(C)CCCCCC(C)=CCC. The minimum absolute atomic E-state index is 1.16. The van der Waals surface area contributed by atoms with Crippen molar-refractivity contribution < 1.29 is 0 Å². The average Bonchev–Trinajstić information content (AvgIpc) is 2.38. The van der Waals surface area contributed by atoms with Gasteiger partial charge in [0.15, 0.2) is 0 Å². The van der Waals surface area contributed by atoms with Crippen molar-refractivity contribution in [2.75, 3.05) is 0 Å².